The fraction of sp³-hybridized carbons (Fsp3) is 0.400. The van der Waals surface area contributed by atoms with E-state index in [-0.39, 0.29) is 5.78 Å². The summed E-state index contributed by atoms with van der Waals surface area (Å²) in [4.78, 5) is 12.3. The van der Waals surface area contributed by atoms with Crippen LogP contribution in [0.3, 0.4) is 0 Å². The fourth-order valence-corrected chi connectivity index (χ4v) is 2.40. The molecule has 1 unspecified atom stereocenters. The first-order valence-electron chi connectivity index (χ1n) is 6.12. The number of benzene rings is 1. The Balaban J connectivity index is 2.24. The first-order chi connectivity index (χ1) is 7.83. The van der Waals surface area contributed by atoms with Crippen molar-refractivity contribution in [3.05, 3.63) is 47.5 Å². The molecule has 0 spiro atoms. The van der Waals surface area contributed by atoms with Crippen LogP contribution in [0, 0.1) is 5.92 Å². The maximum Gasteiger partial charge on any atom is 0.188 e. The summed E-state index contributed by atoms with van der Waals surface area (Å²) in [6.45, 7) is 2.17. The van der Waals surface area contributed by atoms with Gasteiger partial charge in [0.1, 0.15) is 0 Å². The topological polar surface area (TPSA) is 17.1 Å². The third kappa shape index (κ3) is 2.24. The van der Waals surface area contributed by atoms with Crippen LogP contribution >= 0.6 is 0 Å². The highest BCUT2D eigenvalue weighted by Gasteiger charge is 2.22. The summed E-state index contributed by atoms with van der Waals surface area (Å²) in [5.74, 6) is 0.702. The number of allylic oxidation sites excluding steroid dienone is 2. The van der Waals surface area contributed by atoms with E-state index in [4.69, 9.17) is 0 Å². The minimum Gasteiger partial charge on any atom is -0.289 e. The van der Waals surface area contributed by atoms with Gasteiger partial charge in [0.05, 0.1) is 0 Å². The second-order valence-corrected chi connectivity index (χ2v) is 4.39. The molecule has 0 aliphatic heterocycles. The highest BCUT2D eigenvalue weighted by atomic mass is 16.1. The van der Waals surface area contributed by atoms with Crippen molar-refractivity contribution >= 4 is 5.78 Å². The van der Waals surface area contributed by atoms with Crippen molar-refractivity contribution in [2.75, 3.05) is 0 Å². The lowest BCUT2D eigenvalue weighted by atomic mass is 9.82. The Morgan fingerprint density at radius 2 is 2.06 bits per heavy atom. The molecule has 0 aromatic heterocycles. The van der Waals surface area contributed by atoms with Gasteiger partial charge in [-0.05, 0) is 37.2 Å². The van der Waals surface area contributed by atoms with Crippen molar-refractivity contribution in [2.45, 2.75) is 32.6 Å². The summed E-state index contributed by atoms with van der Waals surface area (Å²) >= 11 is 0. The van der Waals surface area contributed by atoms with Gasteiger partial charge >= 0.3 is 0 Å². The number of carbonyl (C=O) groups is 1. The van der Waals surface area contributed by atoms with E-state index in [0.29, 0.717) is 5.92 Å². The SMILES string of the molecule is CCC1CCCC=C1C(=O)c1ccccc1. The van der Waals surface area contributed by atoms with Gasteiger partial charge in [0.2, 0.25) is 0 Å². The summed E-state index contributed by atoms with van der Waals surface area (Å²) < 4.78 is 0. The van der Waals surface area contributed by atoms with Crippen molar-refractivity contribution in [3.8, 4) is 0 Å². The molecule has 0 heterocycles. The minimum atomic E-state index is 0.229. The number of hydrogen-bond acceptors (Lipinski definition) is 1. The van der Waals surface area contributed by atoms with Crippen LogP contribution in [0.1, 0.15) is 43.0 Å². The highest BCUT2D eigenvalue weighted by molar-refractivity contribution is 6.09. The molecule has 0 fully saturated rings. The van der Waals surface area contributed by atoms with Crippen molar-refractivity contribution in [3.63, 3.8) is 0 Å². The van der Waals surface area contributed by atoms with Gasteiger partial charge in [-0.3, -0.25) is 4.79 Å². The molecule has 0 bridgehead atoms. The Morgan fingerprint density at radius 1 is 1.31 bits per heavy atom. The van der Waals surface area contributed by atoms with E-state index in [9.17, 15) is 4.79 Å². The fourth-order valence-electron chi connectivity index (χ4n) is 2.40. The van der Waals surface area contributed by atoms with E-state index in [2.05, 4.69) is 13.0 Å². The Kier molecular flexibility index (Phi) is 3.55. The molecule has 1 aliphatic rings. The van der Waals surface area contributed by atoms with Crippen LogP contribution in [0.25, 0.3) is 0 Å². The standard InChI is InChI=1S/C15H18O/c1-2-12-8-6-7-11-14(12)15(16)13-9-4-3-5-10-13/h3-5,9-12H,2,6-8H2,1H3. The minimum absolute atomic E-state index is 0.229. The maximum absolute atomic E-state index is 12.3. The van der Waals surface area contributed by atoms with Crippen LogP contribution in [0.4, 0.5) is 0 Å². The van der Waals surface area contributed by atoms with E-state index in [1.165, 1.54) is 12.8 Å². The van der Waals surface area contributed by atoms with Gasteiger partial charge < -0.3 is 0 Å². The number of ketones is 1. The average Bonchev–Trinajstić information content (AvgIpc) is 2.39. The first-order valence-corrected chi connectivity index (χ1v) is 6.12. The molecule has 0 amide bonds. The Morgan fingerprint density at radius 3 is 2.75 bits per heavy atom. The Hall–Kier alpha value is -1.37. The number of Topliss-reactive ketones (excluding diaryl/α,β-unsaturated/α-hetero) is 1. The molecule has 0 saturated carbocycles. The predicted molar refractivity (Wildman–Crippen MR) is 66.5 cm³/mol. The van der Waals surface area contributed by atoms with Gasteiger partial charge in [0.25, 0.3) is 0 Å². The molecule has 0 saturated heterocycles. The van der Waals surface area contributed by atoms with E-state index >= 15 is 0 Å². The number of rotatable bonds is 3. The van der Waals surface area contributed by atoms with E-state index < -0.39 is 0 Å². The smallest absolute Gasteiger partial charge is 0.188 e. The molecule has 16 heavy (non-hydrogen) atoms. The highest BCUT2D eigenvalue weighted by Crippen LogP contribution is 2.29. The summed E-state index contributed by atoms with van der Waals surface area (Å²) in [6, 6.07) is 9.62. The second kappa shape index (κ2) is 5.11. The van der Waals surface area contributed by atoms with E-state index in [1.54, 1.807) is 0 Å². The molecule has 2 rings (SSSR count). The Labute approximate surface area is 97.2 Å². The van der Waals surface area contributed by atoms with Crippen molar-refractivity contribution in [1.29, 1.82) is 0 Å². The lowest BCUT2D eigenvalue weighted by Crippen LogP contribution is -2.16. The third-order valence-corrected chi connectivity index (χ3v) is 3.35. The number of carbonyl (C=O) groups excluding carboxylic acids is 1. The molecular weight excluding hydrogens is 196 g/mol. The van der Waals surface area contributed by atoms with Gasteiger partial charge in [-0.15, -0.1) is 0 Å². The lowest BCUT2D eigenvalue weighted by Gasteiger charge is -2.22. The van der Waals surface area contributed by atoms with Crippen LogP contribution in [0.5, 0.6) is 0 Å². The molecule has 1 nitrogen and oxygen atoms in total. The average molecular weight is 214 g/mol. The number of hydrogen-bond donors (Lipinski definition) is 0. The van der Waals surface area contributed by atoms with Crippen LogP contribution in [-0.2, 0) is 0 Å². The monoisotopic (exact) mass is 214 g/mol. The molecule has 0 N–H and O–H groups in total. The molecule has 84 valence electrons. The predicted octanol–water partition coefficient (Wildman–Crippen LogP) is 4.01. The van der Waals surface area contributed by atoms with Crippen molar-refractivity contribution < 1.29 is 4.79 Å². The molecule has 1 atom stereocenters. The molecule has 0 radical (unpaired) electrons. The van der Waals surface area contributed by atoms with E-state index in [0.717, 1.165) is 24.0 Å². The normalized spacial score (nSPS) is 20.3. The maximum atomic E-state index is 12.3. The summed E-state index contributed by atoms with van der Waals surface area (Å²) in [5, 5.41) is 0. The summed E-state index contributed by atoms with van der Waals surface area (Å²) in [5.41, 5.74) is 1.87. The quantitative estimate of drug-likeness (QED) is 0.695. The van der Waals surface area contributed by atoms with Gasteiger partial charge in [0, 0.05) is 5.56 Å². The van der Waals surface area contributed by atoms with Crippen LogP contribution in [0.2, 0.25) is 0 Å². The summed E-state index contributed by atoms with van der Waals surface area (Å²) in [6.07, 6.45) is 6.67. The van der Waals surface area contributed by atoms with Crippen molar-refractivity contribution in [2.24, 2.45) is 5.92 Å². The Bertz CT molecular complexity index is 389. The van der Waals surface area contributed by atoms with Crippen LogP contribution in [0.15, 0.2) is 42.0 Å². The first kappa shape index (κ1) is 11.1. The molecule has 1 aromatic carbocycles. The van der Waals surface area contributed by atoms with Gasteiger partial charge in [0.15, 0.2) is 5.78 Å². The zero-order valence-electron chi connectivity index (χ0n) is 9.78. The van der Waals surface area contributed by atoms with Gasteiger partial charge in [-0.1, -0.05) is 43.3 Å². The lowest BCUT2D eigenvalue weighted by molar-refractivity contribution is 0.101. The zero-order chi connectivity index (χ0) is 11.4. The second-order valence-electron chi connectivity index (χ2n) is 4.39. The van der Waals surface area contributed by atoms with Crippen LogP contribution in [-0.4, -0.2) is 5.78 Å². The van der Waals surface area contributed by atoms with E-state index in [1.807, 2.05) is 30.3 Å². The van der Waals surface area contributed by atoms with Gasteiger partial charge in [-0.25, -0.2) is 0 Å². The molecule has 1 heteroatoms. The van der Waals surface area contributed by atoms with Crippen molar-refractivity contribution in [1.82, 2.24) is 0 Å². The molecule has 1 aliphatic carbocycles. The third-order valence-electron chi connectivity index (χ3n) is 3.35. The molecular formula is C15H18O. The molecule has 1 aromatic rings. The van der Waals surface area contributed by atoms with Crippen LogP contribution < -0.4 is 0 Å². The summed E-state index contributed by atoms with van der Waals surface area (Å²) in [7, 11) is 0. The largest absolute Gasteiger partial charge is 0.289 e. The zero-order valence-corrected chi connectivity index (χ0v) is 9.78. The van der Waals surface area contributed by atoms with Gasteiger partial charge in [-0.2, -0.15) is 0 Å².